The maximum Gasteiger partial charge on any atom is 0.407 e. The molecule has 0 spiro atoms. The Bertz CT molecular complexity index is 886. The number of halogens is 1. The summed E-state index contributed by atoms with van der Waals surface area (Å²) in [6, 6.07) is 6.35. The highest BCUT2D eigenvalue weighted by atomic mass is 35.5. The minimum atomic E-state index is -0.501. The second kappa shape index (κ2) is 10.3. The van der Waals surface area contributed by atoms with Crippen LogP contribution in [-0.2, 0) is 16.0 Å². The van der Waals surface area contributed by atoms with Crippen molar-refractivity contribution in [1.29, 1.82) is 0 Å². The fourth-order valence-corrected chi connectivity index (χ4v) is 4.94. The van der Waals surface area contributed by atoms with Crippen molar-refractivity contribution < 1.29 is 14.3 Å². The van der Waals surface area contributed by atoms with E-state index < -0.39 is 11.7 Å². The monoisotopic (exact) mass is 460 g/mol. The van der Waals surface area contributed by atoms with Crippen LogP contribution in [0.1, 0.15) is 77.8 Å². The van der Waals surface area contributed by atoms with E-state index in [9.17, 15) is 9.59 Å². The average molecular weight is 461 g/mol. The standard InChI is InChI=1S/C26H37ClN2O3/c1-17(2)14-23-22-16-18-15-19(27)9-10-20(18)21(22)11-13-29(23)24(30)8-6-7-12-28-25(31)32-26(3,4)5/h9-10,15,17,23H,6-8,11-14,16H2,1-5H3,(H,28,31). The number of rotatable bonds is 7. The molecular formula is C26H37ClN2O3. The van der Waals surface area contributed by atoms with Crippen molar-refractivity contribution in [3.63, 3.8) is 0 Å². The zero-order valence-corrected chi connectivity index (χ0v) is 20.8. The summed E-state index contributed by atoms with van der Waals surface area (Å²) < 4.78 is 5.25. The first-order valence-corrected chi connectivity index (χ1v) is 12.2. The van der Waals surface area contributed by atoms with Gasteiger partial charge in [0.15, 0.2) is 0 Å². The largest absolute Gasteiger partial charge is 0.444 e. The van der Waals surface area contributed by atoms with E-state index in [1.807, 2.05) is 26.8 Å². The molecule has 1 aromatic rings. The lowest BCUT2D eigenvalue weighted by atomic mass is 9.87. The van der Waals surface area contributed by atoms with Gasteiger partial charge in [0.25, 0.3) is 0 Å². The fraction of sp³-hybridized carbons (Fsp3) is 0.615. The Labute approximate surface area is 197 Å². The van der Waals surface area contributed by atoms with Gasteiger partial charge in [-0.25, -0.2) is 4.79 Å². The van der Waals surface area contributed by atoms with E-state index in [2.05, 4.69) is 36.2 Å². The number of nitrogens with one attached hydrogen (secondary N) is 1. The lowest BCUT2D eigenvalue weighted by molar-refractivity contribution is -0.133. The number of ether oxygens (including phenoxy) is 1. The Morgan fingerprint density at radius 1 is 1.25 bits per heavy atom. The Morgan fingerprint density at radius 3 is 2.69 bits per heavy atom. The van der Waals surface area contributed by atoms with Gasteiger partial charge in [0, 0.05) is 24.5 Å². The number of carbonyl (C=O) groups excluding carboxylic acids is 2. The number of carbonyl (C=O) groups is 2. The Hall–Kier alpha value is -2.01. The number of amides is 2. The highest BCUT2D eigenvalue weighted by Gasteiger charge is 2.36. The quantitative estimate of drug-likeness (QED) is 0.508. The highest BCUT2D eigenvalue weighted by molar-refractivity contribution is 6.30. The molecule has 6 heteroatoms. The molecule has 32 heavy (non-hydrogen) atoms. The smallest absolute Gasteiger partial charge is 0.407 e. The van der Waals surface area contributed by atoms with Crippen LogP contribution >= 0.6 is 11.6 Å². The molecule has 0 saturated heterocycles. The molecule has 1 N–H and O–H groups in total. The number of hydrogen-bond acceptors (Lipinski definition) is 3. The third-order valence-corrected chi connectivity index (χ3v) is 6.28. The molecule has 3 rings (SSSR count). The zero-order chi connectivity index (χ0) is 23.5. The molecule has 1 aromatic carbocycles. The highest BCUT2D eigenvalue weighted by Crippen LogP contribution is 2.43. The molecule has 0 saturated carbocycles. The lowest BCUT2D eigenvalue weighted by Gasteiger charge is -2.38. The SMILES string of the molecule is CC(C)CC1C2=C(CCN1C(=O)CCCCNC(=O)OC(C)(C)C)c1ccc(Cl)cc1C2. The summed E-state index contributed by atoms with van der Waals surface area (Å²) in [5.41, 5.74) is 4.94. The fourth-order valence-electron chi connectivity index (χ4n) is 4.74. The molecule has 0 bridgehead atoms. The minimum Gasteiger partial charge on any atom is -0.444 e. The van der Waals surface area contributed by atoms with Crippen molar-refractivity contribution >= 4 is 29.2 Å². The summed E-state index contributed by atoms with van der Waals surface area (Å²) in [6.45, 7) is 11.3. The number of nitrogens with zero attached hydrogens (tertiary/aromatic N) is 1. The summed E-state index contributed by atoms with van der Waals surface area (Å²) >= 11 is 6.24. The van der Waals surface area contributed by atoms with E-state index in [-0.39, 0.29) is 11.9 Å². The van der Waals surface area contributed by atoms with Gasteiger partial charge in [-0.3, -0.25) is 4.79 Å². The second-order valence-electron chi connectivity index (χ2n) is 10.4. The predicted molar refractivity (Wildman–Crippen MR) is 130 cm³/mol. The number of fused-ring (bicyclic) bond motifs is 2. The summed E-state index contributed by atoms with van der Waals surface area (Å²) in [5.74, 6) is 0.723. The van der Waals surface area contributed by atoms with E-state index in [1.54, 1.807) is 0 Å². The van der Waals surface area contributed by atoms with Gasteiger partial charge in [0.1, 0.15) is 5.60 Å². The summed E-state index contributed by atoms with van der Waals surface area (Å²) in [6.07, 6.45) is 4.39. The van der Waals surface area contributed by atoms with Crippen LogP contribution in [-0.4, -0.2) is 41.6 Å². The Morgan fingerprint density at radius 2 is 2.00 bits per heavy atom. The van der Waals surface area contributed by atoms with E-state index in [1.165, 1.54) is 22.3 Å². The lowest BCUT2D eigenvalue weighted by Crippen LogP contribution is -2.45. The van der Waals surface area contributed by atoms with Gasteiger partial charge in [0.05, 0.1) is 6.04 Å². The molecule has 2 aliphatic rings. The summed E-state index contributed by atoms with van der Waals surface area (Å²) in [4.78, 5) is 27.0. The van der Waals surface area contributed by atoms with Gasteiger partial charge < -0.3 is 15.0 Å². The number of hydrogen-bond donors (Lipinski definition) is 1. The first kappa shape index (κ1) is 24.6. The van der Waals surface area contributed by atoms with Gasteiger partial charge >= 0.3 is 6.09 Å². The third kappa shape index (κ3) is 6.28. The maximum absolute atomic E-state index is 13.2. The van der Waals surface area contributed by atoms with Crippen LogP contribution in [0.3, 0.4) is 0 Å². The van der Waals surface area contributed by atoms with Crippen LogP contribution in [0.5, 0.6) is 0 Å². The van der Waals surface area contributed by atoms with Crippen LogP contribution in [0.25, 0.3) is 5.57 Å². The maximum atomic E-state index is 13.2. The molecular weight excluding hydrogens is 424 g/mol. The predicted octanol–water partition coefficient (Wildman–Crippen LogP) is 5.99. The summed E-state index contributed by atoms with van der Waals surface area (Å²) in [7, 11) is 0. The molecule has 1 aliphatic heterocycles. The van der Waals surface area contributed by atoms with Gasteiger partial charge in [-0.05, 0) is 93.2 Å². The van der Waals surface area contributed by atoms with Crippen LogP contribution in [0.15, 0.2) is 23.8 Å². The van der Waals surface area contributed by atoms with Gasteiger partial charge in [-0.15, -0.1) is 0 Å². The van der Waals surface area contributed by atoms with Crippen molar-refractivity contribution in [2.75, 3.05) is 13.1 Å². The number of alkyl carbamates (subject to hydrolysis) is 1. The van der Waals surface area contributed by atoms with Gasteiger partial charge in [0.2, 0.25) is 5.91 Å². The van der Waals surface area contributed by atoms with Crippen molar-refractivity contribution in [2.24, 2.45) is 5.92 Å². The van der Waals surface area contributed by atoms with Gasteiger partial charge in [-0.2, -0.15) is 0 Å². The molecule has 2 amide bonds. The van der Waals surface area contributed by atoms with E-state index in [4.69, 9.17) is 16.3 Å². The minimum absolute atomic E-state index is 0.164. The Balaban J connectivity index is 1.57. The van der Waals surface area contributed by atoms with Crippen molar-refractivity contribution in [2.45, 2.75) is 84.8 Å². The molecule has 1 unspecified atom stereocenters. The normalized spacial score (nSPS) is 18.0. The van der Waals surface area contributed by atoms with Gasteiger partial charge in [-0.1, -0.05) is 31.5 Å². The molecule has 1 heterocycles. The third-order valence-electron chi connectivity index (χ3n) is 6.04. The molecule has 1 atom stereocenters. The van der Waals surface area contributed by atoms with Crippen LogP contribution < -0.4 is 5.32 Å². The molecule has 5 nitrogen and oxygen atoms in total. The summed E-state index contributed by atoms with van der Waals surface area (Å²) in [5, 5.41) is 3.54. The molecule has 0 aromatic heterocycles. The first-order chi connectivity index (χ1) is 15.0. The van der Waals surface area contributed by atoms with Crippen LogP contribution in [0.2, 0.25) is 5.02 Å². The van der Waals surface area contributed by atoms with E-state index in [0.717, 1.165) is 43.7 Å². The molecule has 176 valence electrons. The van der Waals surface area contributed by atoms with E-state index >= 15 is 0 Å². The number of unbranched alkanes of at least 4 members (excludes halogenated alkanes) is 1. The molecule has 0 fully saturated rings. The van der Waals surface area contributed by atoms with Crippen LogP contribution in [0.4, 0.5) is 4.79 Å². The first-order valence-electron chi connectivity index (χ1n) is 11.8. The Kier molecular flexibility index (Phi) is 7.92. The van der Waals surface area contributed by atoms with Crippen molar-refractivity contribution in [3.05, 3.63) is 39.9 Å². The number of benzene rings is 1. The van der Waals surface area contributed by atoms with Crippen molar-refractivity contribution in [1.82, 2.24) is 10.2 Å². The molecule has 1 aliphatic carbocycles. The topological polar surface area (TPSA) is 58.6 Å². The van der Waals surface area contributed by atoms with Crippen molar-refractivity contribution in [3.8, 4) is 0 Å². The van der Waals surface area contributed by atoms with E-state index in [0.29, 0.717) is 18.9 Å². The second-order valence-corrected chi connectivity index (χ2v) is 10.8. The zero-order valence-electron chi connectivity index (χ0n) is 20.1. The van der Waals surface area contributed by atoms with Crippen LogP contribution in [0, 0.1) is 5.92 Å². The molecule has 0 radical (unpaired) electrons. The average Bonchev–Trinajstić information content (AvgIpc) is 3.04.